The third-order valence-corrected chi connectivity index (χ3v) is 8.51. The molecule has 0 spiro atoms. The van der Waals surface area contributed by atoms with E-state index < -0.39 is 10.0 Å². The highest BCUT2D eigenvalue weighted by Crippen LogP contribution is 2.20. The van der Waals surface area contributed by atoms with Gasteiger partial charge < -0.3 is 10.2 Å². The Kier molecular flexibility index (Phi) is 7.45. The fraction of sp³-hybridized carbons (Fsp3) is 0.476. The van der Waals surface area contributed by atoms with Crippen molar-refractivity contribution in [2.24, 2.45) is 5.92 Å². The summed E-state index contributed by atoms with van der Waals surface area (Å²) in [7, 11) is -2.21. The Morgan fingerprint density at radius 2 is 2.00 bits per heavy atom. The lowest BCUT2D eigenvalue weighted by Gasteiger charge is -2.30. The highest BCUT2D eigenvalue weighted by atomic mass is 32.2. The number of rotatable bonds is 8. The van der Waals surface area contributed by atoms with Crippen LogP contribution in [0.25, 0.3) is 0 Å². The fourth-order valence-corrected chi connectivity index (χ4v) is 5.76. The predicted octanol–water partition coefficient (Wildman–Crippen LogP) is 3.28. The summed E-state index contributed by atoms with van der Waals surface area (Å²) in [5.41, 5.74) is 1.86. The highest BCUT2D eigenvalue weighted by molar-refractivity contribution is 7.91. The topological polar surface area (TPSA) is 69.7 Å². The van der Waals surface area contributed by atoms with E-state index in [0.29, 0.717) is 5.69 Å². The molecule has 1 fully saturated rings. The fourth-order valence-electron chi connectivity index (χ4n) is 3.43. The van der Waals surface area contributed by atoms with E-state index in [1.54, 1.807) is 17.5 Å². The molecule has 8 heteroatoms. The van der Waals surface area contributed by atoms with Crippen LogP contribution in [0.5, 0.6) is 0 Å². The standard InChI is InChI=1S/C21H29N3O3S2/c1-17-8-11-24(12-9-17)13-10-18-5-3-6-19(15-18)22-20(25)16-23(2)29(26,27)21-7-4-14-28-21/h3-7,14-15,17H,8-13,16H2,1-2H3,(H,22,25). The number of nitrogens with one attached hydrogen (secondary N) is 1. The molecule has 0 aliphatic carbocycles. The third kappa shape index (κ3) is 6.12. The van der Waals surface area contributed by atoms with Crippen LogP contribution in [0.1, 0.15) is 25.3 Å². The minimum absolute atomic E-state index is 0.226. The van der Waals surface area contributed by atoms with Crippen LogP contribution in [0.2, 0.25) is 0 Å². The van der Waals surface area contributed by atoms with E-state index in [9.17, 15) is 13.2 Å². The van der Waals surface area contributed by atoms with E-state index in [1.807, 2.05) is 18.2 Å². The number of thiophene rings is 1. The number of piperidine rings is 1. The van der Waals surface area contributed by atoms with Crippen molar-refractivity contribution in [3.05, 3.63) is 47.3 Å². The van der Waals surface area contributed by atoms with E-state index >= 15 is 0 Å². The van der Waals surface area contributed by atoms with Gasteiger partial charge in [-0.1, -0.05) is 25.1 Å². The lowest BCUT2D eigenvalue weighted by Crippen LogP contribution is -2.34. The van der Waals surface area contributed by atoms with Crippen molar-refractivity contribution >= 4 is 33.0 Å². The number of likely N-dealkylation sites (tertiary alicyclic amines) is 1. The van der Waals surface area contributed by atoms with Crippen LogP contribution >= 0.6 is 11.3 Å². The number of sulfonamides is 1. The van der Waals surface area contributed by atoms with E-state index in [2.05, 4.69) is 23.2 Å². The smallest absolute Gasteiger partial charge is 0.252 e. The molecule has 0 atom stereocenters. The zero-order valence-corrected chi connectivity index (χ0v) is 18.6. The van der Waals surface area contributed by atoms with Crippen molar-refractivity contribution in [1.82, 2.24) is 9.21 Å². The third-order valence-electron chi connectivity index (χ3n) is 5.33. The molecule has 0 unspecified atom stereocenters. The van der Waals surface area contributed by atoms with Crippen LogP contribution in [0, 0.1) is 5.92 Å². The Hall–Kier alpha value is -1.74. The quantitative estimate of drug-likeness (QED) is 0.691. The minimum Gasteiger partial charge on any atom is -0.325 e. The Morgan fingerprint density at radius 1 is 1.24 bits per heavy atom. The van der Waals surface area contributed by atoms with Crippen molar-refractivity contribution in [2.45, 2.75) is 30.4 Å². The Morgan fingerprint density at radius 3 is 2.69 bits per heavy atom. The van der Waals surface area contributed by atoms with Gasteiger partial charge in [0.2, 0.25) is 5.91 Å². The number of benzene rings is 1. The molecular weight excluding hydrogens is 406 g/mol. The first-order valence-electron chi connectivity index (χ1n) is 9.95. The van der Waals surface area contributed by atoms with Gasteiger partial charge in [-0.3, -0.25) is 4.79 Å². The minimum atomic E-state index is -3.63. The van der Waals surface area contributed by atoms with Gasteiger partial charge in [-0.25, -0.2) is 8.42 Å². The maximum atomic E-state index is 12.4. The summed E-state index contributed by atoms with van der Waals surface area (Å²) >= 11 is 1.14. The van der Waals surface area contributed by atoms with Crippen LogP contribution in [0.3, 0.4) is 0 Å². The van der Waals surface area contributed by atoms with E-state index in [4.69, 9.17) is 0 Å². The molecule has 1 N–H and O–H groups in total. The Bertz CT molecular complexity index is 905. The number of nitrogens with zero attached hydrogens (tertiary/aromatic N) is 2. The molecule has 0 bridgehead atoms. The second kappa shape index (κ2) is 9.84. The van der Waals surface area contributed by atoms with Crippen LogP contribution in [-0.4, -0.2) is 56.8 Å². The zero-order valence-electron chi connectivity index (χ0n) is 17.0. The summed E-state index contributed by atoms with van der Waals surface area (Å²) in [6, 6.07) is 11.0. The average Bonchev–Trinajstić information content (AvgIpc) is 3.23. The monoisotopic (exact) mass is 435 g/mol. The van der Waals surface area contributed by atoms with E-state index in [1.165, 1.54) is 25.5 Å². The molecule has 158 valence electrons. The second-order valence-electron chi connectivity index (χ2n) is 7.72. The number of hydrogen-bond donors (Lipinski definition) is 1. The SMILES string of the molecule is CC1CCN(CCc2cccc(NC(=O)CN(C)S(=O)(=O)c3cccs3)c2)CC1. The summed E-state index contributed by atoms with van der Waals surface area (Å²) < 4.78 is 26.2. The van der Waals surface area contributed by atoms with Gasteiger partial charge >= 0.3 is 0 Å². The van der Waals surface area contributed by atoms with Crippen LogP contribution in [-0.2, 0) is 21.2 Å². The molecule has 1 aromatic heterocycles. The normalized spacial score (nSPS) is 16.2. The van der Waals surface area contributed by atoms with Gasteiger partial charge in [0.1, 0.15) is 4.21 Å². The van der Waals surface area contributed by atoms with Gasteiger partial charge in [0, 0.05) is 19.3 Å². The average molecular weight is 436 g/mol. The Labute approximate surface area is 177 Å². The predicted molar refractivity (Wildman–Crippen MR) is 118 cm³/mol. The van der Waals surface area contributed by atoms with Crippen molar-refractivity contribution in [3.63, 3.8) is 0 Å². The first-order valence-corrected chi connectivity index (χ1v) is 12.3. The molecule has 1 aliphatic heterocycles. The largest absolute Gasteiger partial charge is 0.325 e. The van der Waals surface area contributed by atoms with Crippen LogP contribution in [0.15, 0.2) is 46.0 Å². The van der Waals surface area contributed by atoms with Gasteiger partial charge in [-0.2, -0.15) is 4.31 Å². The molecule has 1 amide bonds. The number of carbonyl (C=O) groups is 1. The maximum absolute atomic E-state index is 12.4. The number of likely N-dealkylation sites (N-methyl/N-ethyl adjacent to an activating group) is 1. The highest BCUT2D eigenvalue weighted by Gasteiger charge is 2.23. The molecule has 3 rings (SSSR count). The van der Waals surface area contributed by atoms with Crippen LogP contribution in [0.4, 0.5) is 5.69 Å². The van der Waals surface area contributed by atoms with Crippen molar-refractivity contribution in [2.75, 3.05) is 38.5 Å². The molecule has 1 saturated heterocycles. The van der Waals surface area contributed by atoms with Gasteiger partial charge in [0.15, 0.2) is 0 Å². The molecule has 1 aromatic carbocycles. The summed E-state index contributed by atoms with van der Waals surface area (Å²) in [5, 5.41) is 4.52. The van der Waals surface area contributed by atoms with Gasteiger partial charge in [0.25, 0.3) is 10.0 Å². The van der Waals surface area contributed by atoms with E-state index in [0.717, 1.165) is 47.6 Å². The lowest BCUT2D eigenvalue weighted by molar-refractivity contribution is -0.116. The first-order chi connectivity index (χ1) is 13.8. The number of carbonyl (C=O) groups excluding carboxylic acids is 1. The maximum Gasteiger partial charge on any atom is 0.252 e. The molecule has 2 heterocycles. The molecular formula is C21H29N3O3S2. The molecule has 29 heavy (non-hydrogen) atoms. The van der Waals surface area contributed by atoms with Crippen molar-refractivity contribution < 1.29 is 13.2 Å². The summed E-state index contributed by atoms with van der Waals surface area (Å²) in [6.07, 6.45) is 3.46. The van der Waals surface area contributed by atoms with Crippen molar-refractivity contribution in [1.29, 1.82) is 0 Å². The number of hydrogen-bond acceptors (Lipinski definition) is 5. The van der Waals surface area contributed by atoms with Crippen LogP contribution < -0.4 is 5.32 Å². The van der Waals surface area contributed by atoms with Gasteiger partial charge in [0.05, 0.1) is 6.54 Å². The van der Waals surface area contributed by atoms with Gasteiger partial charge in [-0.15, -0.1) is 11.3 Å². The summed E-state index contributed by atoms with van der Waals surface area (Å²) in [5.74, 6) is 0.473. The second-order valence-corrected chi connectivity index (χ2v) is 10.9. The zero-order chi connectivity index (χ0) is 20.9. The molecule has 1 aliphatic rings. The first kappa shape index (κ1) is 22.0. The molecule has 2 aromatic rings. The lowest BCUT2D eigenvalue weighted by atomic mass is 9.99. The summed E-state index contributed by atoms with van der Waals surface area (Å²) in [4.78, 5) is 14.9. The molecule has 0 radical (unpaired) electrons. The van der Waals surface area contributed by atoms with E-state index in [-0.39, 0.29) is 16.7 Å². The van der Waals surface area contributed by atoms with Gasteiger partial charge in [-0.05, 0) is 67.4 Å². The number of anilines is 1. The molecule has 0 saturated carbocycles. The summed E-state index contributed by atoms with van der Waals surface area (Å²) in [6.45, 7) is 5.42. The van der Waals surface area contributed by atoms with Crippen molar-refractivity contribution in [3.8, 4) is 0 Å². The molecule has 6 nitrogen and oxygen atoms in total. The number of amides is 1. The Balaban J connectivity index is 1.52.